The van der Waals surface area contributed by atoms with Gasteiger partial charge < -0.3 is 14.9 Å². The number of carboxylic acids is 1. The Hall–Kier alpha value is -1.85. The molecule has 2 N–H and O–H groups in total. The number of carbonyl (C=O) groups is 2. The van der Waals surface area contributed by atoms with Crippen LogP contribution in [0.4, 0.5) is 0 Å². The minimum atomic E-state index is -0.783. The van der Waals surface area contributed by atoms with Crippen molar-refractivity contribution in [3.05, 3.63) is 17.5 Å². The monoisotopic (exact) mass is 264 g/mol. The number of carboxylic acid groups (broad SMARTS) is 1. The molecule has 0 unspecified atom stereocenters. The summed E-state index contributed by atoms with van der Waals surface area (Å²) >= 11 is 0. The van der Waals surface area contributed by atoms with E-state index in [1.165, 1.54) is 0 Å². The molecule has 2 fully saturated rings. The molecule has 6 nitrogen and oxygen atoms in total. The fraction of sp³-hybridized carbons (Fsp3) is 0.615. The summed E-state index contributed by atoms with van der Waals surface area (Å²) in [6, 6.07) is 1.62. The molecule has 0 radical (unpaired) electrons. The summed E-state index contributed by atoms with van der Waals surface area (Å²) in [5.41, 5.74) is 0.292. The third-order valence-electron chi connectivity index (χ3n) is 3.86. The van der Waals surface area contributed by atoms with Crippen LogP contribution in [0.1, 0.15) is 54.3 Å². The number of amides is 1. The van der Waals surface area contributed by atoms with Crippen molar-refractivity contribution in [1.82, 2.24) is 10.5 Å². The maximum absolute atomic E-state index is 12.0. The lowest BCUT2D eigenvalue weighted by Gasteiger charge is -2.10. The Morgan fingerprint density at radius 1 is 1.32 bits per heavy atom. The highest BCUT2D eigenvalue weighted by Gasteiger charge is 2.32. The van der Waals surface area contributed by atoms with E-state index < -0.39 is 5.97 Å². The van der Waals surface area contributed by atoms with E-state index in [0.717, 1.165) is 18.6 Å². The number of carbonyl (C=O) groups excluding carboxylic acids is 1. The van der Waals surface area contributed by atoms with E-state index in [0.29, 0.717) is 30.9 Å². The van der Waals surface area contributed by atoms with Gasteiger partial charge >= 0.3 is 5.97 Å². The zero-order valence-electron chi connectivity index (χ0n) is 10.5. The average molecular weight is 264 g/mol. The lowest BCUT2D eigenvalue weighted by molar-refractivity contribution is -0.141. The van der Waals surface area contributed by atoms with Gasteiger partial charge in [-0.1, -0.05) is 5.16 Å². The van der Waals surface area contributed by atoms with Gasteiger partial charge in [0.1, 0.15) is 5.76 Å². The van der Waals surface area contributed by atoms with Crippen molar-refractivity contribution in [3.63, 3.8) is 0 Å². The molecule has 1 heterocycles. The van der Waals surface area contributed by atoms with Crippen LogP contribution in [0, 0.1) is 5.92 Å². The second-order valence-corrected chi connectivity index (χ2v) is 5.41. The lowest BCUT2D eigenvalue weighted by Crippen LogP contribution is -2.33. The largest absolute Gasteiger partial charge is 0.481 e. The maximum Gasteiger partial charge on any atom is 0.306 e. The van der Waals surface area contributed by atoms with Gasteiger partial charge in [-0.25, -0.2) is 0 Å². The van der Waals surface area contributed by atoms with Crippen molar-refractivity contribution in [2.75, 3.05) is 0 Å². The highest BCUT2D eigenvalue weighted by atomic mass is 16.5. The molecule has 0 aliphatic heterocycles. The van der Waals surface area contributed by atoms with E-state index in [1.54, 1.807) is 6.07 Å². The average Bonchev–Trinajstić information content (AvgIpc) is 2.92. The third-order valence-corrected chi connectivity index (χ3v) is 3.86. The van der Waals surface area contributed by atoms with Crippen LogP contribution in [0.2, 0.25) is 0 Å². The molecule has 19 heavy (non-hydrogen) atoms. The Labute approximate surface area is 110 Å². The Morgan fingerprint density at radius 2 is 2.11 bits per heavy atom. The van der Waals surface area contributed by atoms with Gasteiger partial charge in [0.2, 0.25) is 0 Å². The summed E-state index contributed by atoms with van der Waals surface area (Å²) in [4.78, 5) is 22.8. The fourth-order valence-electron chi connectivity index (χ4n) is 2.55. The van der Waals surface area contributed by atoms with Crippen LogP contribution in [0.5, 0.6) is 0 Å². The topological polar surface area (TPSA) is 92.4 Å². The predicted molar refractivity (Wildman–Crippen MR) is 64.7 cm³/mol. The normalized spacial score (nSPS) is 26.3. The first-order valence-electron chi connectivity index (χ1n) is 6.64. The van der Waals surface area contributed by atoms with Crippen LogP contribution in [-0.4, -0.2) is 28.2 Å². The molecular weight excluding hydrogens is 248 g/mol. The molecule has 1 aromatic heterocycles. The minimum Gasteiger partial charge on any atom is -0.481 e. The standard InChI is InChI=1S/C13H16N2O4/c16-12(10-6-11(19-15-10)7-1-2-7)14-9-4-3-8(5-9)13(17)18/h6-9H,1-5H2,(H,14,16)(H,17,18)/t8-,9+/m0/s1. The molecule has 2 aliphatic carbocycles. The summed E-state index contributed by atoms with van der Waals surface area (Å²) in [6.07, 6.45) is 4.01. The molecule has 2 aliphatic rings. The van der Waals surface area contributed by atoms with Crippen molar-refractivity contribution in [2.24, 2.45) is 5.92 Å². The van der Waals surface area contributed by atoms with Crippen LogP contribution in [-0.2, 0) is 4.79 Å². The molecule has 2 saturated carbocycles. The van der Waals surface area contributed by atoms with E-state index >= 15 is 0 Å². The first-order valence-corrected chi connectivity index (χ1v) is 6.64. The van der Waals surface area contributed by atoms with Crippen LogP contribution < -0.4 is 5.32 Å². The van der Waals surface area contributed by atoms with Gasteiger partial charge in [0.05, 0.1) is 5.92 Å². The highest BCUT2D eigenvalue weighted by Crippen LogP contribution is 2.40. The zero-order valence-corrected chi connectivity index (χ0v) is 10.5. The number of nitrogens with one attached hydrogen (secondary N) is 1. The van der Waals surface area contributed by atoms with Crippen LogP contribution in [0.25, 0.3) is 0 Å². The van der Waals surface area contributed by atoms with Gasteiger partial charge in [-0.2, -0.15) is 0 Å². The molecule has 102 valence electrons. The first-order chi connectivity index (χ1) is 9.13. The van der Waals surface area contributed by atoms with Gasteiger partial charge in [0, 0.05) is 18.0 Å². The quantitative estimate of drug-likeness (QED) is 0.860. The second kappa shape index (κ2) is 4.68. The molecule has 0 bridgehead atoms. The predicted octanol–water partition coefficient (Wildman–Crippen LogP) is 1.54. The van der Waals surface area contributed by atoms with Crippen LogP contribution in [0.15, 0.2) is 10.6 Å². The number of aromatic nitrogens is 1. The van der Waals surface area contributed by atoms with Crippen molar-refractivity contribution in [1.29, 1.82) is 0 Å². The van der Waals surface area contributed by atoms with Crippen LogP contribution >= 0.6 is 0 Å². The molecule has 0 spiro atoms. The maximum atomic E-state index is 12.0. The second-order valence-electron chi connectivity index (χ2n) is 5.41. The molecule has 1 amide bonds. The number of hydrogen-bond donors (Lipinski definition) is 2. The minimum absolute atomic E-state index is 0.0744. The van der Waals surface area contributed by atoms with Gasteiger partial charge in [-0.15, -0.1) is 0 Å². The first kappa shape index (κ1) is 12.2. The van der Waals surface area contributed by atoms with Crippen molar-refractivity contribution >= 4 is 11.9 Å². The van der Waals surface area contributed by atoms with Crippen molar-refractivity contribution in [2.45, 2.75) is 44.1 Å². The Kier molecular flexibility index (Phi) is 3.00. The molecule has 6 heteroatoms. The summed E-state index contributed by atoms with van der Waals surface area (Å²) in [6.45, 7) is 0. The zero-order chi connectivity index (χ0) is 13.4. The van der Waals surface area contributed by atoms with Crippen LogP contribution in [0.3, 0.4) is 0 Å². The summed E-state index contributed by atoms with van der Waals surface area (Å²) in [5, 5.41) is 15.5. The highest BCUT2D eigenvalue weighted by molar-refractivity contribution is 5.92. The van der Waals surface area contributed by atoms with Crippen molar-refractivity contribution < 1.29 is 19.2 Å². The van der Waals surface area contributed by atoms with E-state index in [-0.39, 0.29) is 17.9 Å². The molecular formula is C13H16N2O4. The summed E-state index contributed by atoms with van der Waals surface area (Å²) < 4.78 is 5.13. The summed E-state index contributed by atoms with van der Waals surface area (Å²) in [5.74, 6) is -0.192. The Balaban J connectivity index is 1.57. The number of rotatable bonds is 4. The van der Waals surface area contributed by atoms with Gasteiger partial charge in [-0.3, -0.25) is 9.59 Å². The van der Waals surface area contributed by atoms with Crippen molar-refractivity contribution in [3.8, 4) is 0 Å². The summed E-state index contributed by atoms with van der Waals surface area (Å²) in [7, 11) is 0. The Bertz CT molecular complexity index is 506. The van der Waals surface area contributed by atoms with E-state index in [9.17, 15) is 9.59 Å². The number of nitrogens with zero attached hydrogens (tertiary/aromatic N) is 1. The van der Waals surface area contributed by atoms with Gasteiger partial charge in [0.25, 0.3) is 5.91 Å². The molecule has 0 aromatic carbocycles. The molecule has 0 saturated heterocycles. The van der Waals surface area contributed by atoms with E-state index in [1.807, 2.05) is 0 Å². The SMILES string of the molecule is O=C(N[C@@H]1CC[C@H](C(=O)O)C1)c1cc(C2CC2)on1. The molecule has 2 atom stereocenters. The third kappa shape index (κ3) is 2.62. The lowest BCUT2D eigenvalue weighted by atomic mass is 10.1. The van der Waals surface area contributed by atoms with E-state index in [4.69, 9.17) is 9.63 Å². The molecule has 3 rings (SSSR count). The Morgan fingerprint density at radius 3 is 2.74 bits per heavy atom. The van der Waals surface area contributed by atoms with E-state index in [2.05, 4.69) is 10.5 Å². The number of hydrogen-bond acceptors (Lipinski definition) is 4. The van der Waals surface area contributed by atoms with Gasteiger partial charge in [-0.05, 0) is 32.1 Å². The molecule has 1 aromatic rings. The fourth-order valence-corrected chi connectivity index (χ4v) is 2.55. The smallest absolute Gasteiger partial charge is 0.306 e. The van der Waals surface area contributed by atoms with Gasteiger partial charge in [0.15, 0.2) is 5.69 Å². The number of aliphatic carboxylic acids is 1.